The van der Waals surface area contributed by atoms with Crippen molar-refractivity contribution in [3.05, 3.63) is 33.8 Å². The fraction of sp³-hybridized carbons (Fsp3) is 0.400. The van der Waals surface area contributed by atoms with E-state index in [4.69, 9.17) is 4.74 Å². The van der Waals surface area contributed by atoms with E-state index in [-0.39, 0.29) is 10.6 Å². The third kappa shape index (κ3) is 2.35. The van der Waals surface area contributed by atoms with Crippen LogP contribution in [-0.4, -0.2) is 19.7 Å². The third-order valence-corrected chi connectivity index (χ3v) is 2.92. The maximum absolute atomic E-state index is 13.4. The summed E-state index contributed by atoms with van der Waals surface area (Å²) in [5.74, 6) is -1.16. The average Bonchev–Trinajstić information content (AvgIpc) is 2.25. The molecule has 1 unspecified atom stereocenters. The largest absolute Gasteiger partial charge is 0.371 e. The van der Waals surface area contributed by atoms with Gasteiger partial charge in [-0.1, -0.05) is 0 Å². The fourth-order valence-electron chi connectivity index (χ4n) is 1.55. The fourth-order valence-corrected chi connectivity index (χ4v) is 1.91. The first-order valence-corrected chi connectivity index (χ1v) is 5.44. The topological polar surface area (TPSA) is 21.3 Å². The minimum atomic E-state index is -0.597. The van der Waals surface area contributed by atoms with Gasteiger partial charge >= 0.3 is 0 Å². The molecule has 0 aliphatic carbocycles. The average molecular weight is 278 g/mol. The number of nitrogens with one attached hydrogen (secondary N) is 1. The van der Waals surface area contributed by atoms with Crippen molar-refractivity contribution in [2.24, 2.45) is 0 Å². The number of benzene rings is 1. The Bertz CT molecular complexity index is 367. The molecule has 82 valence electrons. The van der Waals surface area contributed by atoms with Crippen LogP contribution in [0.15, 0.2) is 16.6 Å². The molecule has 5 heteroatoms. The van der Waals surface area contributed by atoms with E-state index >= 15 is 0 Å². The van der Waals surface area contributed by atoms with Gasteiger partial charge in [0.25, 0.3) is 0 Å². The smallest absolute Gasteiger partial charge is 0.140 e. The van der Waals surface area contributed by atoms with E-state index in [1.165, 1.54) is 6.07 Å². The van der Waals surface area contributed by atoms with Gasteiger partial charge in [-0.15, -0.1) is 0 Å². The summed E-state index contributed by atoms with van der Waals surface area (Å²) in [5, 5.41) is 3.09. The van der Waals surface area contributed by atoms with Crippen LogP contribution in [0.4, 0.5) is 8.78 Å². The monoisotopic (exact) mass is 277 g/mol. The molecule has 15 heavy (non-hydrogen) atoms. The number of hydrogen-bond donors (Lipinski definition) is 1. The predicted octanol–water partition coefficient (Wildman–Crippen LogP) is 2.39. The van der Waals surface area contributed by atoms with Gasteiger partial charge in [-0.3, -0.25) is 0 Å². The zero-order chi connectivity index (χ0) is 10.8. The molecular formula is C10H10BrF2NO. The molecule has 1 atom stereocenters. The second-order valence-corrected chi connectivity index (χ2v) is 4.21. The van der Waals surface area contributed by atoms with Crippen molar-refractivity contribution in [1.82, 2.24) is 5.32 Å². The van der Waals surface area contributed by atoms with Crippen molar-refractivity contribution in [2.45, 2.75) is 6.10 Å². The molecule has 0 amide bonds. The van der Waals surface area contributed by atoms with Gasteiger partial charge in [0.05, 0.1) is 17.2 Å². The van der Waals surface area contributed by atoms with E-state index in [9.17, 15) is 8.78 Å². The highest BCUT2D eigenvalue weighted by Crippen LogP contribution is 2.27. The molecular weight excluding hydrogens is 268 g/mol. The van der Waals surface area contributed by atoms with E-state index in [0.717, 1.165) is 12.6 Å². The van der Waals surface area contributed by atoms with Gasteiger partial charge in [0.15, 0.2) is 0 Å². The van der Waals surface area contributed by atoms with E-state index in [1.54, 1.807) is 0 Å². The van der Waals surface area contributed by atoms with Crippen molar-refractivity contribution in [3.63, 3.8) is 0 Å². The molecule has 0 aromatic heterocycles. The Hall–Kier alpha value is -0.520. The molecule has 1 fully saturated rings. The second-order valence-electron chi connectivity index (χ2n) is 3.35. The molecule has 0 spiro atoms. The third-order valence-electron chi connectivity index (χ3n) is 2.31. The maximum Gasteiger partial charge on any atom is 0.140 e. The van der Waals surface area contributed by atoms with Gasteiger partial charge in [0.2, 0.25) is 0 Å². The van der Waals surface area contributed by atoms with Crippen LogP contribution in [0.2, 0.25) is 0 Å². The lowest BCUT2D eigenvalue weighted by atomic mass is 10.1. The molecule has 1 aromatic rings. The lowest BCUT2D eigenvalue weighted by molar-refractivity contribution is 0.0254. The van der Waals surface area contributed by atoms with Gasteiger partial charge in [-0.05, 0) is 22.0 Å². The predicted molar refractivity (Wildman–Crippen MR) is 55.6 cm³/mol. The summed E-state index contributed by atoms with van der Waals surface area (Å²) in [6.07, 6.45) is -0.337. The summed E-state index contributed by atoms with van der Waals surface area (Å²) in [6.45, 7) is 1.86. The van der Waals surface area contributed by atoms with Gasteiger partial charge in [0.1, 0.15) is 11.6 Å². The molecule has 1 aliphatic heterocycles. The van der Waals surface area contributed by atoms with Crippen molar-refractivity contribution in [2.75, 3.05) is 19.7 Å². The Morgan fingerprint density at radius 2 is 2.13 bits per heavy atom. The Balaban J connectivity index is 2.30. The minimum absolute atomic E-state index is 0.257. The molecule has 2 rings (SSSR count). The second kappa shape index (κ2) is 4.55. The van der Waals surface area contributed by atoms with Crippen LogP contribution in [0.5, 0.6) is 0 Å². The first-order valence-electron chi connectivity index (χ1n) is 4.65. The van der Waals surface area contributed by atoms with Crippen LogP contribution in [-0.2, 0) is 4.74 Å². The van der Waals surface area contributed by atoms with Crippen LogP contribution >= 0.6 is 15.9 Å². The normalized spacial score (nSPS) is 21.7. The zero-order valence-electron chi connectivity index (χ0n) is 7.90. The number of rotatable bonds is 1. The van der Waals surface area contributed by atoms with Gasteiger partial charge in [0, 0.05) is 24.7 Å². The van der Waals surface area contributed by atoms with Crippen LogP contribution in [0, 0.1) is 11.6 Å². The highest BCUT2D eigenvalue weighted by Gasteiger charge is 2.20. The molecule has 2 nitrogen and oxygen atoms in total. The summed E-state index contributed by atoms with van der Waals surface area (Å²) in [4.78, 5) is 0. The molecule has 0 saturated carbocycles. The Kier molecular flexibility index (Phi) is 3.33. The Labute approximate surface area is 94.7 Å². The molecule has 1 N–H and O–H groups in total. The van der Waals surface area contributed by atoms with Crippen LogP contribution in [0.3, 0.4) is 0 Å². The molecule has 1 saturated heterocycles. The van der Waals surface area contributed by atoms with E-state index < -0.39 is 11.6 Å². The van der Waals surface area contributed by atoms with Crippen molar-refractivity contribution < 1.29 is 13.5 Å². The molecule has 0 bridgehead atoms. The van der Waals surface area contributed by atoms with Gasteiger partial charge < -0.3 is 10.1 Å². The lowest BCUT2D eigenvalue weighted by Gasteiger charge is -2.24. The Morgan fingerprint density at radius 1 is 1.33 bits per heavy atom. The number of hydrogen-bond acceptors (Lipinski definition) is 2. The summed E-state index contributed by atoms with van der Waals surface area (Å²) < 4.78 is 32.1. The van der Waals surface area contributed by atoms with Gasteiger partial charge in [-0.2, -0.15) is 0 Å². The highest BCUT2D eigenvalue weighted by atomic mass is 79.9. The van der Waals surface area contributed by atoms with E-state index in [0.29, 0.717) is 18.7 Å². The van der Waals surface area contributed by atoms with Crippen molar-refractivity contribution in [1.29, 1.82) is 0 Å². The number of ether oxygens (including phenoxy) is 1. The number of halogens is 3. The van der Waals surface area contributed by atoms with Crippen LogP contribution in [0.1, 0.15) is 11.7 Å². The molecule has 1 heterocycles. The summed E-state index contributed by atoms with van der Waals surface area (Å²) >= 11 is 3.03. The first kappa shape index (κ1) is 11.0. The molecule has 1 aliphatic rings. The summed E-state index contributed by atoms with van der Waals surface area (Å²) in [6, 6.07) is 2.31. The molecule has 0 radical (unpaired) electrons. The SMILES string of the molecule is Fc1cc(F)c(C2CNCCO2)cc1Br. The van der Waals surface area contributed by atoms with Crippen LogP contribution < -0.4 is 5.32 Å². The summed E-state index contributed by atoms with van der Waals surface area (Å²) in [7, 11) is 0. The quantitative estimate of drug-likeness (QED) is 0.796. The van der Waals surface area contributed by atoms with E-state index in [2.05, 4.69) is 21.2 Å². The Morgan fingerprint density at radius 3 is 2.80 bits per heavy atom. The van der Waals surface area contributed by atoms with Crippen LogP contribution in [0.25, 0.3) is 0 Å². The highest BCUT2D eigenvalue weighted by molar-refractivity contribution is 9.10. The summed E-state index contributed by atoms with van der Waals surface area (Å²) in [5.41, 5.74) is 0.385. The lowest BCUT2D eigenvalue weighted by Crippen LogP contribution is -2.33. The molecule has 1 aromatic carbocycles. The maximum atomic E-state index is 13.4. The first-order chi connectivity index (χ1) is 7.18. The van der Waals surface area contributed by atoms with Crippen molar-refractivity contribution >= 4 is 15.9 Å². The minimum Gasteiger partial charge on any atom is -0.371 e. The standard InChI is InChI=1S/C10H10BrF2NO/c11-7-3-6(8(12)4-9(7)13)10-5-14-1-2-15-10/h3-4,10,14H,1-2,5H2. The van der Waals surface area contributed by atoms with E-state index in [1.807, 2.05) is 0 Å². The zero-order valence-corrected chi connectivity index (χ0v) is 9.48. The van der Waals surface area contributed by atoms with Gasteiger partial charge in [-0.25, -0.2) is 8.78 Å². The number of morpholine rings is 1. The van der Waals surface area contributed by atoms with Crippen molar-refractivity contribution in [3.8, 4) is 0 Å².